The Kier molecular flexibility index (Phi) is 3.89. The molecule has 4 aliphatic rings. The van der Waals surface area contributed by atoms with Gasteiger partial charge in [0.25, 0.3) is 0 Å². The molecule has 8 heteroatoms. The van der Waals surface area contributed by atoms with Crippen molar-refractivity contribution < 1.29 is 23.9 Å². The lowest BCUT2D eigenvalue weighted by Gasteiger charge is -2.36. The van der Waals surface area contributed by atoms with E-state index in [-0.39, 0.29) is 29.1 Å². The summed E-state index contributed by atoms with van der Waals surface area (Å²) in [7, 11) is 1.26. The number of hydrogen-bond donors (Lipinski definition) is 1. The van der Waals surface area contributed by atoms with Crippen molar-refractivity contribution in [3.63, 3.8) is 0 Å². The SMILES string of the molecule is COC(=O)c1ccccc1N1C(=O)[C@H]2[C@@H](C1=O)[C@]1(C(=O)Nc3ccccc31)N1CCC[C@@H]21. The molecule has 0 bridgehead atoms. The topological polar surface area (TPSA) is 96.0 Å². The number of methoxy groups -OCH3 is 1. The van der Waals surface area contributed by atoms with Gasteiger partial charge >= 0.3 is 5.97 Å². The van der Waals surface area contributed by atoms with Crippen LogP contribution in [0.2, 0.25) is 0 Å². The Morgan fingerprint density at radius 2 is 1.81 bits per heavy atom. The van der Waals surface area contributed by atoms with E-state index < -0.39 is 29.3 Å². The molecule has 2 aromatic rings. The van der Waals surface area contributed by atoms with Crippen LogP contribution in [0.3, 0.4) is 0 Å². The van der Waals surface area contributed by atoms with Gasteiger partial charge in [0.05, 0.1) is 30.2 Å². The fourth-order valence-electron chi connectivity index (χ4n) is 6.35. The second kappa shape index (κ2) is 6.49. The summed E-state index contributed by atoms with van der Waals surface area (Å²) in [4.78, 5) is 56.8. The molecule has 0 aromatic heterocycles. The highest BCUT2D eigenvalue weighted by Gasteiger charge is 2.74. The van der Waals surface area contributed by atoms with Crippen LogP contribution in [0, 0.1) is 11.8 Å². The van der Waals surface area contributed by atoms with Gasteiger partial charge in [-0.1, -0.05) is 30.3 Å². The van der Waals surface area contributed by atoms with Gasteiger partial charge in [0.1, 0.15) is 5.54 Å². The highest BCUT2D eigenvalue weighted by Crippen LogP contribution is 2.60. The van der Waals surface area contributed by atoms with Gasteiger partial charge in [-0.15, -0.1) is 0 Å². The minimum Gasteiger partial charge on any atom is -0.465 e. The molecule has 162 valence electrons. The molecule has 2 aromatic carbocycles. The molecule has 32 heavy (non-hydrogen) atoms. The van der Waals surface area contributed by atoms with Crippen molar-refractivity contribution in [2.45, 2.75) is 24.4 Å². The van der Waals surface area contributed by atoms with E-state index in [9.17, 15) is 19.2 Å². The zero-order chi connectivity index (χ0) is 22.2. The van der Waals surface area contributed by atoms with E-state index in [1.165, 1.54) is 13.2 Å². The Labute approximate surface area is 184 Å². The van der Waals surface area contributed by atoms with E-state index in [2.05, 4.69) is 10.2 Å². The summed E-state index contributed by atoms with van der Waals surface area (Å²) >= 11 is 0. The molecule has 6 rings (SSSR count). The molecule has 4 aliphatic heterocycles. The molecule has 0 saturated carbocycles. The van der Waals surface area contributed by atoms with Crippen LogP contribution in [-0.4, -0.2) is 48.3 Å². The summed E-state index contributed by atoms with van der Waals surface area (Å²) in [5.41, 5.74) is 0.552. The van der Waals surface area contributed by atoms with Gasteiger partial charge in [-0.3, -0.25) is 19.3 Å². The van der Waals surface area contributed by atoms with Crippen molar-refractivity contribution in [1.82, 2.24) is 4.90 Å². The first-order chi connectivity index (χ1) is 15.5. The highest BCUT2D eigenvalue weighted by atomic mass is 16.5. The maximum absolute atomic E-state index is 14.0. The Bertz CT molecular complexity index is 1210. The van der Waals surface area contributed by atoms with Crippen molar-refractivity contribution in [3.8, 4) is 0 Å². The number of imide groups is 1. The van der Waals surface area contributed by atoms with Crippen molar-refractivity contribution in [1.29, 1.82) is 0 Å². The lowest BCUT2D eigenvalue weighted by molar-refractivity contribution is -0.135. The molecule has 1 spiro atoms. The van der Waals surface area contributed by atoms with E-state index in [4.69, 9.17) is 4.74 Å². The van der Waals surface area contributed by atoms with Crippen LogP contribution in [0.15, 0.2) is 48.5 Å². The first-order valence-electron chi connectivity index (χ1n) is 10.7. The van der Waals surface area contributed by atoms with E-state index in [0.717, 1.165) is 23.3 Å². The van der Waals surface area contributed by atoms with Gasteiger partial charge in [-0.05, 0) is 37.6 Å². The van der Waals surface area contributed by atoms with Crippen LogP contribution in [-0.2, 0) is 24.7 Å². The lowest BCUT2D eigenvalue weighted by Crippen LogP contribution is -2.54. The number of anilines is 2. The predicted octanol–water partition coefficient (Wildman–Crippen LogP) is 1.90. The minimum atomic E-state index is -1.22. The number of para-hydroxylation sites is 2. The van der Waals surface area contributed by atoms with Crippen LogP contribution in [0.5, 0.6) is 0 Å². The van der Waals surface area contributed by atoms with Crippen LogP contribution in [0.1, 0.15) is 28.8 Å². The smallest absolute Gasteiger partial charge is 0.339 e. The number of ether oxygens (including phenoxy) is 1. The van der Waals surface area contributed by atoms with E-state index in [0.29, 0.717) is 12.2 Å². The Balaban J connectivity index is 1.55. The summed E-state index contributed by atoms with van der Waals surface area (Å²) < 4.78 is 4.87. The van der Waals surface area contributed by atoms with Crippen molar-refractivity contribution in [2.24, 2.45) is 11.8 Å². The Morgan fingerprint density at radius 1 is 1.06 bits per heavy atom. The van der Waals surface area contributed by atoms with Crippen LogP contribution >= 0.6 is 0 Å². The largest absolute Gasteiger partial charge is 0.465 e. The second-order valence-corrected chi connectivity index (χ2v) is 8.69. The Hall–Kier alpha value is -3.52. The van der Waals surface area contributed by atoms with E-state index in [1.807, 2.05) is 24.3 Å². The van der Waals surface area contributed by atoms with Gasteiger partial charge < -0.3 is 10.1 Å². The standard InChI is InChI=1S/C24H21N3O5/c1-32-22(30)13-7-2-5-10-16(13)27-20(28)18-17-11-6-12-26(17)24(19(18)21(27)29)14-8-3-4-9-15(14)25-23(24)31/h2-5,7-10,17-19H,6,11-12H2,1H3,(H,25,31)/t17-,18+,19-,24+/m0/s1. The molecular formula is C24H21N3O5. The first kappa shape index (κ1) is 19.2. The number of rotatable bonds is 2. The van der Waals surface area contributed by atoms with Crippen LogP contribution in [0.4, 0.5) is 11.4 Å². The lowest BCUT2D eigenvalue weighted by atomic mass is 9.75. The molecule has 4 atom stereocenters. The molecule has 4 heterocycles. The van der Waals surface area contributed by atoms with Gasteiger partial charge in [0.15, 0.2) is 0 Å². The average Bonchev–Trinajstić information content (AvgIpc) is 3.51. The molecule has 0 unspecified atom stereocenters. The molecule has 3 saturated heterocycles. The van der Waals surface area contributed by atoms with Crippen molar-refractivity contribution in [3.05, 3.63) is 59.7 Å². The van der Waals surface area contributed by atoms with E-state index >= 15 is 0 Å². The summed E-state index contributed by atoms with van der Waals surface area (Å²) in [6, 6.07) is 13.6. The highest BCUT2D eigenvalue weighted by molar-refractivity contribution is 6.27. The number of fused-ring (bicyclic) bond motifs is 7. The number of carbonyl (C=O) groups is 4. The van der Waals surface area contributed by atoms with Gasteiger partial charge in [0, 0.05) is 17.3 Å². The molecule has 0 aliphatic carbocycles. The summed E-state index contributed by atoms with van der Waals surface area (Å²) in [5.74, 6) is -3.19. The van der Waals surface area contributed by atoms with Crippen LogP contribution in [0.25, 0.3) is 0 Å². The third-order valence-corrected chi connectivity index (χ3v) is 7.45. The number of esters is 1. The van der Waals surface area contributed by atoms with Gasteiger partial charge in [-0.2, -0.15) is 0 Å². The van der Waals surface area contributed by atoms with Crippen LogP contribution < -0.4 is 10.2 Å². The maximum Gasteiger partial charge on any atom is 0.339 e. The van der Waals surface area contributed by atoms with Gasteiger partial charge in [-0.25, -0.2) is 9.69 Å². The molecule has 1 N–H and O–H groups in total. The number of nitrogens with zero attached hydrogens (tertiary/aromatic N) is 2. The third-order valence-electron chi connectivity index (χ3n) is 7.45. The normalized spacial score (nSPS) is 30.5. The monoisotopic (exact) mass is 431 g/mol. The molecule has 0 radical (unpaired) electrons. The maximum atomic E-state index is 14.0. The van der Waals surface area contributed by atoms with Crippen molar-refractivity contribution in [2.75, 3.05) is 23.9 Å². The predicted molar refractivity (Wildman–Crippen MR) is 114 cm³/mol. The number of carbonyl (C=O) groups excluding carboxylic acids is 4. The first-order valence-corrected chi connectivity index (χ1v) is 10.7. The fourth-order valence-corrected chi connectivity index (χ4v) is 6.35. The van der Waals surface area contributed by atoms with Gasteiger partial charge in [0.2, 0.25) is 17.7 Å². The summed E-state index contributed by atoms with van der Waals surface area (Å²) in [5, 5.41) is 2.95. The number of nitrogens with one attached hydrogen (secondary N) is 1. The summed E-state index contributed by atoms with van der Waals surface area (Å²) in [6.07, 6.45) is 1.59. The number of amides is 3. The summed E-state index contributed by atoms with van der Waals surface area (Å²) in [6.45, 7) is 0.652. The molecular weight excluding hydrogens is 410 g/mol. The second-order valence-electron chi connectivity index (χ2n) is 8.69. The average molecular weight is 431 g/mol. The minimum absolute atomic E-state index is 0.144. The van der Waals surface area contributed by atoms with Crippen molar-refractivity contribution >= 4 is 35.1 Å². The Morgan fingerprint density at radius 3 is 2.62 bits per heavy atom. The molecule has 3 amide bonds. The zero-order valence-electron chi connectivity index (χ0n) is 17.4. The molecule has 8 nitrogen and oxygen atoms in total. The quantitative estimate of drug-likeness (QED) is 0.577. The third kappa shape index (κ3) is 2.10. The van der Waals surface area contributed by atoms with E-state index in [1.54, 1.807) is 18.2 Å². The fraction of sp³-hybridized carbons (Fsp3) is 0.333. The zero-order valence-corrected chi connectivity index (χ0v) is 17.4. The number of benzene rings is 2. The molecule has 3 fully saturated rings. The number of hydrogen-bond acceptors (Lipinski definition) is 6.